The second-order valence-corrected chi connectivity index (χ2v) is 9.85. The van der Waals surface area contributed by atoms with Crippen LogP contribution in [0.5, 0.6) is 11.5 Å². The zero-order chi connectivity index (χ0) is 30.5. The van der Waals surface area contributed by atoms with Gasteiger partial charge in [-0.3, -0.25) is 10.2 Å². The Morgan fingerprint density at radius 3 is 2.60 bits per heavy atom. The molecule has 0 fully saturated rings. The predicted molar refractivity (Wildman–Crippen MR) is 164 cm³/mol. The van der Waals surface area contributed by atoms with Crippen LogP contribution < -0.4 is 20.3 Å². The number of aliphatic hydroxyl groups excluding tert-OH is 1. The van der Waals surface area contributed by atoms with Gasteiger partial charge in [0.1, 0.15) is 11.5 Å². The molecule has 0 spiro atoms. The quantitative estimate of drug-likeness (QED) is 0.0541. The lowest BCUT2D eigenvalue weighted by Crippen LogP contribution is -2.53. The molecular formula is C32H36N6O5. The average Bonchev–Trinajstić information content (AvgIpc) is 3.43. The zero-order valence-corrected chi connectivity index (χ0v) is 24.1. The zero-order valence-electron chi connectivity index (χ0n) is 24.1. The van der Waals surface area contributed by atoms with Crippen molar-refractivity contribution in [2.75, 3.05) is 26.9 Å². The van der Waals surface area contributed by atoms with Crippen molar-refractivity contribution in [3.05, 3.63) is 118 Å². The first-order valence-corrected chi connectivity index (χ1v) is 14.0. The molecule has 11 nitrogen and oxygen atoms in total. The lowest BCUT2D eigenvalue weighted by Gasteiger charge is -2.30. The molecule has 0 unspecified atom stereocenters. The molecule has 2 atom stereocenters. The van der Waals surface area contributed by atoms with E-state index in [1.807, 2.05) is 60.7 Å². The third-order valence-corrected chi connectivity index (χ3v) is 7.03. The van der Waals surface area contributed by atoms with Crippen molar-refractivity contribution in [3.63, 3.8) is 0 Å². The fourth-order valence-electron chi connectivity index (χ4n) is 4.80. The minimum atomic E-state index is -1.40. The number of benzene rings is 3. The van der Waals surface area contributed by atoms with Gasteiger partial charge < -0.3 is 19.3 Å². The monoisotopic (exact) mass is 584 g/mol. The van der Waals surface area contributed by atoms with E-state index >= 15 is 0 Å². The number of hydrazine groups is 1. The number of methoxy groups -OCH3 is 1. The molecule has 1 aliphatic rings. The van der Waals surface area contributed by atoms with Gasteiger partial charge in [0.15, 0.2) is 11.6 Å². The SMILES string of the molecule is C=CC[C@]1(C(=O)NNCCc2ccc(OC)cc2)N=C(c2ccc(OCCCO)cc2)O[C@H]1c1ccccc1CN=[N+]=[N-]. The van der Waals surface area contributed by atoms with E-state index in [9.17, 15) is 4.79 Å². The van der Waals surface area contributed by atoms with Crippen molar-refractivity contribution in [1.29, 1.82) is 0 Å². The molecule has 3 aromatic rings. The maximum Gasteiger partial charge on any atom is 0.266 e. The van der Waals surface area contributed by atoms with Crippen molar-refractivity contribution >= 4 is 11.8 Å². The Labute approximate surface area is 250 Å². The van der Waals surface area contributed by atoms with Gasteiger partial charge in [-0.2, -0.15) is 0 Å². The summed E-state index contributed by atoms with van der Waals surface area (Å²) in [7, 11) is 1.62. The van der Waals surface area contributed by atoms with Crippen molar-refractivity contribution < 1.29 is 24.1 Å². The second kappa shape index (κ2) is 15.4. The highest BCUT2D eigenvalue weighted by molar-refractivity contribution is 6.01. The van der Waals surface area contributed by atoms with Crippen LogP contribution in [0.4, 0.5) is 0 Å². The number of carbonyl (C=O) groups excluding carboxylic acids is 1. The van der Waals surface area contributed by atoms with Gasteiger partial charge in [-0.15, -0.1) is 6.58 Å². The van der Waals surface area contributed by atoms with Gasteiger partial charge in [-0.05, 0) is 65.0 Å². The summed E-state index contributed by atoms with van der Waals surface area (Å²) in [5.41, 5.74) is 16.6. The number of nitrogens with one attached hydrogen (secondary N) is 2. The number of amides is 1. The Morgan fingerprint density at radius 2 is 1.91 bits per heavy atom. The molecule has 0 radical (unpaired) electrons. The highest BCUT2D eigenvalue weighted by Gasteiger charge is 2.53. The molecule has 1 aliphatic heterocycles. The predicted octanol–water partition coefficient (Wildman–Crippen LogP) is 4.96. The number of aliphatic imine (C=N–C) groups is 1. The number of rotatable bonds is 16. The smallest absolute Gasteiger partial charge is 0.266 e. The number of hydrogen-bond acceptors (Lipinski definition) is 8. The van der Waals surface area contributed by atoms with Crippen LogP contribution in [0.2, 0.25) is 0 Å². The van der Waals surface area contributed by atoms with Crippen LogP contribution in [0.15, 0.2) is 95.6 Å². The van der Waals surface area contributed by atoms with Crippen molar-refractivity contribution in [1.82, 2.24) is 10.9 Å². The van der Waals surface area contributed by atoms with Crippen LogP contribution in [0.1, 0.15) is 41.2 Å². The molecule has 1 heterocycles. The van der Waals surface area contributed by atoms with E-state index < -0.39 is 11.6 Å². The third-order valence-electron chi connectivity index (χ3n) is 7.03. The summed E-state index contributed by atoms with van der Waals surface area (Å²) in [6, 6.07) is 22.3. The normalized spacial score (nSPS) is 17.3. The number of azide groups is 1. The van der Waals surface area contributed by atoms with Gasteiger partial charge >= 0.3 is 0 Å². The van der Waals surface area contributed by atoms with Gasteiger partial charge in [0.25, 0.3) is 5.91 Å². The fraction of sp³-hybridized carbons (Fsp3) is 0.312. The van der Waals surface area contributed by atoms with Crippen LogP contribution >= 0.6 is 0 Å². The Hall–Kier alpha value is -4.83. The maximum absolute atomic E-state index is 14.0. The molecule has 0 saturated carbocycles. The van der Waals surface area contributed by atoms with E-state index in [0.29, 0.717) is 48.8 Å². The van der Waals surface area contributed by atoms with Gasteiger partial charge in [-0.25, -0.2) is 10.4 Å². The Kier molecular flexibility index (Phi) is 11.2. The van der Waals surface area contributed by atoms with Crippen LogP contribution in [0.3, 0.4) is 0 Å². The van der Waals surface area contributed by atoms with E-state index in [0.717, 1.165) is 16.9 Å². The Balaban J connectivity index is 1.61. The van der Waals surface area contributed by atoms with E-state index in [1.54, 1.807) is 25.3 Å². The molecule has 0 aliphatic carbocycles. The number of aliphatic hydroxyl groups is 1. The summed E-state index contributed by atoms with van der Waals surface area (Å²) in [4.78, 5) is 21.8. The second-order valence-electron chi connectivity index (χ2n) is 9.85. The lowest BCUT2D eigenvalue weighted by molar-refractivity contribution is -0.129. The van der Waals surface area contributed by atoms with E-state index in [-0.39, 0.29) is 25.5 Å². The molecule has 0 saturated heterocycles. The topological polar surface area (TPSA) is 150 Å². The first kappa shape index (κ1) is 31.1. The highest BCUT2D eigenvalue weighted by Crippen LogP contribution is 2.44. The van der Waals surface area contributed by atoms with Crippen molar-refractivity contribution in [2.24, 2.45) is 10.1 Å². The first-order valence-electron chi connectivity index (χ1n) is 14.0. The van der Waals surface area contributed by atoms with Gasteiger partial charge in [-0.1, -0.05) is 47.6 Å². The molecule has 0 bridgehead atoms. The lowest BCUT2D eigenvalue weighted by atomic mass is 9.83. The Bertz CT molecular complexity index is 1450. The van der Waals surface area contributed by atoms with E-state index in [4.69, 9.17) is 29.8 Å². The third kappa shape index (κ3) is 7.72. The number of hydrogen-bond donors (Lipinski definition) is 3. The summed E-state index contributed by atoms with van der Waals surface area (Å²) < 4.78 is 17.3. The molecule has 1 amide bonds. The van der Waals surface area contributed by atoms with E-state index in [1.165, 1.54) is 0 Å². The largest absolute Gasteiger partial charge is 0.497 e. The minimum absolute atomic E-state index is 0.0507. The summed E-state index contributed by atoms with van der Waals surface area (Å²) >= 11 is 0. The molecular weight excluding hydrogens is 548 g/mol. The average molecular weight is 585 g/mol. The summed E-state index contributed by atoms with van der Waals surface area (Å²) in [6.45, 7) is 4.93. The highest BCUT2D eigenvalue weighted by atomic mass is 16.5. The van der Waals surface area contributed by atoms with Crippen LogP contribution in [0, 0.1) is 0 Å². The fourth-order valence-corrected chi connectivity index (χ4v) is 4.80. The first-order chi connectivity index (χ1) is 21.0. The number of carbonyl (C=O) groups is 1. The molecule has 0 aromatic heterocycles. The summed E-state index contributed by atoms with van der Waals surface area (Å²) in [6.07, 6.45) is 2.21. The van der Waals surface area contributed by atoms with Crippen molar-refractivity contribution in [3.8, 4) is 11.5 Å². The maximum atomic E-state index is 14.0. The molecule has 11 heteroatoms. The van der Waals surface area contributed by atoms with Gasteiger partial charge in [0.2, 0.25) is 5.90 Å². The molecule has 43 heavy (non-hydrogen) atoms. The van der Waals surface area contributed by atoms with E-state index in [2.05, 4.69) is 27.5 Å². The van der Waals surface area contributed by atoms with Gasteiger partial charge in [0.05, 0.1) is 20.3 Å². The summed E-state index contributed by atoms with van der Waals surface area (Å²) in [5, 5.41) is 12.8. The van der Waals surface area contributed by atoms with Crippen LogP contribution in [-0.4, -0.2) is 49.3 Å². The van der Waals surface area contributed by atoms with Crippen molar-refractivity contribution in [2.45, 2.75) is 37.5 Å². The standard InChI is InChI=1S/C32H36N6O5/c1-3-18-32(31(40)37-34-19-17-23-9-13-26(41-2)14-10-23)29(28-8-5-4-7-25(28)22-35-38-33)43-30(36-32)24-11-15-27(16-12-24)42-21-6-20-39/h3-5,7-16,29,34,39H,1,6,17-22H2,2H3,(H,37,40)/t29-,32-/m0/s1. The number of ether oxygens (including phenoxy) is 3. The minimum Gasteiger partial charge on any atom is -0.497 e. The van der Waals surface area contributed by atoms with Gasteiger partial charge in [0, 0.05) is 36.5 Å². The molecule has 224 valence electrons. The van der Waals surface area contributed by atoms with Crippen LogP contribution in [0.25, 0.3) is 10.4 Å². The summed E-state index contributed by atoms with van der Waals surface area (Å²) in [5.74, 6) is 1.33. The van der Waals surface area contributed by atoms with Crippen LogP contribution in [-0.2, 0) is 22.5 Å². The molecule has 4 rings (SSSR count). The molecule has 3 N–H and O–H groups in total. The Morgan fingerprint density at radius 1 is 1.16 bits per heavy atom. The number of nitrogens with zero attached hydrogens (tertiary/aromatic N) is 4. The molecule has 3 aromatic carbocycles.